The predicted octanol–water partition coefficient (Wildman–Crippen LogP) is 0.0557. The van der Waals surface area contributed by atoms with Crippen LogP contribution >= 0.6 is 0 Å². The van der Waals surface area contributed by atoms with Gasteiger partial charge in [0.05, 0.1) is 0 Å². The number of nitrogens with one attached hydrogen (secondary N) is 1. The maximum atomic E-state index is 11.8. The molecular weight excluding hydrogens is 182 g/mol. The molecular formula is C9H17N3O2. The molecule has 14 heavy (non-hydrogen) atoms. The second-order valence-corrected chi connectivity index (χ2v) is 3.71. The fourth-order valence-corrected chi connectivity index (χ4v) is 1.44. The topological polar surface area (TPSA) is 75.4 Å². The van der Waals surface area contributed by atoms with Crippen LogP contribution in [0.4, 0.5) is 4.79 Å². The Bertz CT molecular complexity index is 254. The molecule has 0 aromatic carbocycles. The third kappa shape index (κ3) is 1.72. The van der Waals surface area contributed by atoms with E-state index in [1.54, 1.807) is 6.92 Å². The van der Waals surface area contributed by atoms with Crippen LogP contribution in [-0.4, -0.2) is 35.5 Å². The second-order valence-electron chi connectivity index (χ2n) is 3.71. The third-order valence-electron chi connectivity index (χ3n) is 2.64. The van der Waals surface area contributed by atoms with E-state index >= 15 is 0 Å². The van der Waals surface area contributed by atoms with Crippen LogP contribution in [0.25, 0.3) is 0 Å². The minimum Gasteiger partial charge on any atom is -0.330 e. The van der Waals surface area contributed by atoms with Crippen molar-refractivity contribution in [2.24, 2.45) is 5.73 Å². The van der Waals surface area contributed by atoms with Gasteiger partial charge in [-0.05, 0) is 26.3 Å². The standard InChI is InChI=1S/C9H17N3O2/c1-3-9(2)7(13)12(6-4-5-10)8(14)11-9/h3-6,10H2,1-2H3,(H,11,14)/t9-/m0/s1. The van der Waals surface area contributed by atoms with Gasteiger partial charge < -0.3 is 11.1 Å². The molecule has 3 N–H and O–H groups in total. The fourth-order valence-electron chi connectivity index (χ4n) is 1.44. The Hall–Kier alpha value is -1.10. The van der Waals surface area contributed by atoms with E-state index in [9.17, 15) is 9.59 Å². The van der Waals surface area contributed by atoms with Gasteiger partial charge in [-0.3, -0.25) is 9.69 Å². The Labute approximate surface area is 83.6 Å². The van der Waals surface area contributed by atoms with Crippen LogP contribution in [0.2, 0.25) is 0 Å². The van der Waals surface area contributed by atoms with E-state index < -0.39 is 5.54 Å². The highest BCUT2D eigenvalue weighted by atomic mass is 16.2. The summed E-state index contributed by atoms with van der Waals surface area (Å²) in [6, 6.07) is -0.298. The molecule has 1 rings (SSSR count). The Kier molecular flexibility index (Phi) is 3.10. The van der Waals surface area contributed by atoms with Gasteiger partial charge in [0.2, 0.25) is 0 Å². The highest BCUT2D eigenvalue weighted by Gasteiger charge is 2.45. The molecule has 1 aliphatic heterocycles. The Morgan fingerprint density at radius 3 is 2.57 bits per heavy atom. The van der Waals surface area contributed by atoms with Crippen molar-refractivity contribution in [3.8, 4) is 0 Å². The summed E-state index contributed by atoms with van der Waals surface area (Å²) in [6.07, 6.45) is 1.26. The van der Waals surface area contributed by atoms with Gasteiger partial charge in [-0.25, -0.2) is 4.79 Å². The molecule has 1 saturated heterocycles. The van der Waals surface area contributed by atoms with Gasteiger partial charge in [0.1, 0.15) is 5.54 Å². The molecule has 0 bridgehead atoms. The summed E-state index contributed by atoms with van der Waals surface area (Å²) in [5.74, 6) is -0.140. The largest absolute Gasteiger partial charge is 0.330 e. The number of amides is 3. The molecule has 1 fully saturated rings. The van der Waals surface area contributed by atoms with Gasteiger partial charge >= 0.3 is 6.03 Å². The SMILES string of the molecule is CC[C@]1(C)NC(=O)N(CCCN)C1=O. The number of urea groups is 1. The summed E-state index contributed by atoms with van der Waals surface area (Å²) in [6.45, 7) is 4.52. The fraction of sp³-hybridized carbons (Fsp3) is 0.778. The first kappa shape index (κ1) is 11.0. The molecule has 1 aliphatic rings. The lowest BCUT2D eigenvalue weighted by atomic mass is 9.99. The van der Waals surface area contributed by atoms with Crippen LogP contribution in [0.15, 0.2) is 0 Å². The van der Waals surface area contributed by atoms with E-state index in [1.165, 1.54) is 4.90 Å². The maximum Gasteiger partial charge on any atom is 0.325 e. The van der Waals surface area contributed by atoms with Gasteiger partial charge in [0.25, 0.3) is 5.91 Å². The van der Waals surface area contributed by atoms with Crippen LogP contribution in [0.1, 0.15) is 26.7 Å². The van der Waals surface area contributed by atoms with Crippen molar-refractivity contribution in [1.29, 1.82) is 0 Å². The highest BCUT2D eigenvalue weighted by Crippen LogP contribution is 2.20. The monoisotopic (exact) mass is 199 g/mol. The number of carbonyl (C=O) groups excluding carboxylic acids is 2. The van der Waals surface area contributed by atoms with Crippen molar-refractivity contribution in [2.75, 3.05) is 13.1 Å². The van der Waals surface area contributed by atoms with Crippen molar-refractivity contribution < 1.29 is 9.59 Å². The minimum absolute atomic E-state index is 0.140. The van der Waals surface area contributed by atoms with Crippen LogP contribution in [0, 0.1) is 0 Å². The van der Waals surface area contributed by atoms with E-state index in [4.69, 9.17) is 5.73 Å². The number of nitrogens with zero attached hydrogens (tertiary/aromatic N) is 1. The Morgan fingerprint density at radius 2 is 2.14 bits per heavy atom. The lowest BCUT2D eigenvalue weighted by molar-refractivity contribution is -0.130. The lowest BCUT2D eigenvalue weighted by Gasteiger charge is -2.19. The van der Waals surface area contributed by atoms with E-state index in [-0.39, 0.29) is 11.9 Å². The number of nitrogens with two attached hydrogens (primary N) is 1. The number of rotatable bonds is 4. The molecule has 0 spiro atoms. The van der Waals surface area contributed by atoms with Gasteiger partial charge in [0, 0.05) is 6.54 Å². The van der Waals surface area contributed by atoms with E-state index in [0.29, 0.717) is 25.9 Å². The van der Waals surface area contributed by atoms with Gasteiger partial charge in [-0.15, -0.1) is 0 Å². The molecule has 1 heterocycles. The zero-order valence-electron chi connectivity index (χ0n) is 8.67. The summed E-state index contributed by atoms with van der Waals surface area (Å²) < 4.78 is 0. The van der Waals surface area contributed by atoms with E-state index in [0.717, 1.165) is 0 Å². The molecule has 0 aromatic rings. The summed E-state index contributed by atoms with van der Waals surface area (Å²) in [7, 11) is 0. The first-order chi connectivity index (χ1) is 6.55. The second kappa shape index (κ2) is 3.96. The molecule has 0 unspecified atom stereocenters. The van der Waals surface area contributed by atoms with Gasteiger partial charge in [-0.2, -0.15) is 0 Å². The predicted molar refractivity (Wildman–Crippen MR) is 52.6 cm³/mol. The minimum atomic E-state index is -0.717. The summed E-state index contributed by atoms with van der Waals surface area (Å²) in [5.41, 5.74) is 4.61. The summed E-state index contributed by atoms with van der Waals surface area (Å²) in [5, 5.41) is 2.69. The summed E-state index contributed by atoms with van der Waals surface area (Å²) in [4.78, 5) is 24.4. The molecule has 0 radical (unpaired) electrons. The lowest BCUT2D eigenvalue weighted by Crippen LogP contribution is -2.43. The number of hydrogen-bond acceptors (Lipinski definition) is 3. The molecule has 0 aromatic heterocycles. The summed E-state index contributed by atoms with van der Waals surface area (Å²) >= 11 is 0. The highest BCUT2D eigenvalue weighted by molar-refractivity contribution is 6.06. The van der Waals surface area contributed by atoms with Crippen molar-refractivity contribution in [2.45, 2.75) is 32.2 Å². The van der Waals surface area contributed by atoms with E-state index in [1.807, 2.05) is 6.92 Å². The molecule has 80 valence electrons. The Morgan fingerprint density at radius 1 is 1.50 bits per heavy atom. The maximum absolute atomic E-state index is 11.8. The Balaban J connectivity index is 2.70. The molecule has 5 nitrogen and oxygen atoms in total. The molecule has 0 saturated carbocycles. The van der Waals surface area contributed by atoms with Gasteiger partial charge in [-0.1, -0.05) is 6.92 Å². The first-order valence-electron chi connectivity index (χ1n) is 4.89. The number of hydrogen-bond donors (Lipinski definition) is 2. The van der Waals surface area contributed by atoms with Crippen molar-refractivity contribution in [3.05, 3.63) is 0 Å². The van der Waals surface area contributed by atoms with Crippen molar-refractivity contribution >= 4 is 11.9 Å². The average Bonchev–Trinajstić information content (AvgIpc) is 2.37. The molecule has 1 atom stereocenters. The van der Waals surface area contributed by atoms with E-state index in [2.05, 4.69) is 5.32 Å². The molecule has 5 heteroatoms. The zero-order valence-corrected chi connectivity index (χ0v) is 8.67. The molecule has 3 amide bonds. The number of imide groups is 1. The van der Waals surface area contributed by atoms with Crippen LogP contribution < -0.4 is 11.1 Å². The normalized spacial score (nSPS) is 26.9. The van der Waals surface area contributed by atoms with Crippen LogP contribution in [-0.2, 0) is 4.79 Å². The number of carbonyl (C=O) groups is 2. The van der Waals surface area contributed by atoms with Crippen molar-refractivity contribution in [3.63, 3.8) is 0 Å². The smallest absolute Gasteiger partial charge is 0.325 e. The molecule has 0 aliphatic carbocycles. The van der Waals surface area contributed by atoms with Gasteiger partial charge in [0.15, 0.2) is 0 Å². The average molecular weight is 199 g/mol. The third-order valence-corrected chi connectivity index (χ3v) is 2.64. The quantitative estimate of drug-likeness (QED) is 0.628. The zero-order chi connectivity index (χ0) is 10.8. The first-order valence-corrected chi connectivity index (χ1v) is 4.89. The van der Waals surface area contributed by atoms with Crippen LogP contribution in [0.3, 0.4) is 0 Å². The van der Waals surface area contributed by atoms with Crippen LogP contribution in [0.5, 0.6) is 0 Å². The van der Waals surface area contributed by atoms with Crippen molar-refractivity contribution in [1.82, 2.24) is 10.2 Å².